The standard InChI is InChI=1S/C9H16O5/c1-9(12-3)5-4-7(13-14-9)6-8(10)11-2/h7H,4-6H2,1-3H3. The van der Waals surface area contributed by atoms with Gasteiger partial charge in [-0.2, -0.15) is 0 Å². The van der Waals surface area contributed by atoms with Gasteiger partial charge in [-0.3, -0.25) is 4.79 Å². The second-order valence-electron chi connectivity index (χ2n) is 3.46. The highest BCUT2D eigenvalue weighted by Crippen LogP contribution is 2.28. The molecule has 0 aromatic carbocycles. The Labute approximate surface area is 83.2 Å². The number of carbonyl (C=O) groups is 1. The van der Waals surface area contributed by atoms with Gasteiger partial charge in [0.1, 0.15) is 6.10 Å². The van der Waals surface area contributed by atoms with Crippen molar-refractivity contribution >= 4 is 5.97 Å². The Balaban J connectivity index is 2.32. The van der Waals surface area contributed by atoms with Crippen molar-refractivity contribution in [2.24, 2.45) is 0 Å². The molecule has 1 saturated heterocycles. The first-order valence-electron chi connectivity index (χ1n) is 4.56. The van der Waals surface area contributed by atoms with Crippen molar-refractivity contribution in [2.75, 3.05) is 14.2 Å². The van der Waals surface area contributed by atoms with Crippen LogP contribution in [0.15, 0.2) is 0 Å². The minimum Gasteiger partial charge on any atom is -0.469 e. The third-order valence-electron chi connectivity index (χ3n) is 2.33. The number of hydrogen-bond donors (Lipinski definition) is 0. The molecule has 1 aliphatic heterocycles. The Morgan fingerprint density at radius 3 is 2.71 bits per heavy atom. The van der Waals surface area contributed by atoms with Gasteiger partial charge in [0.05, 0.1) is 13.5 Å². The van der Waals surface area contributed by atoms with Gasteiger partial charge in [-0.25, -0.2) is 9.78 Å². The van der Waals surface area contributed by atoms with Crippen LogP contribution < -0.4 is 0 Å². The highest BCUT2D eigenvalue weighted by atomic mass is 17.2. The van der Waals surface area contributed by atoms with E-state index in [4.69, 9.17) is 14.5 Å². The molecule has 0 radical (unpaired) electrons. The number of carbonyl (C=O) groups excluding carboxylic acids is 1. The van der Waals surface area contributed by atoms with E-state index in [2.05, 4.69) is 4.74 Å². The van der Waals surface area contributed by atoms with Crippen LogP contribution in [-0.4, -0.2) is 32.1 Å². The summed E-state index contributed by atoms with van der Waals surface area (Å²) in [7, 11) is 2.91. The van der Waals surface area contributed by atoms with Gasteiger partial charge in [-0.15, -0.1) is 0 Å². The fourth-order valence-electron chi connectivity index (χ4n) is 1.22. The van der Waals surface area contributed by atoms with E-state index < -0.39 is 5.79 Å². The first kappa shape index (κ1) is 11.4. The first-order valence-corrected chi connectivity index (χ1v) is 4.56. The number of hydrogen-bond acceptors (Lipinski definition) is 5. The topological polar surface area (TPSA) is 54.0 Å². The van der Waals surface area contributed by atoms with Crippen LogP contribution >= 0.6 is 0 Å². The summed E-state index contributed by atoms with van der Waals surface area (Å²) in [6.45, 7) is 1.79. The summed E-state index contributed by atoms with van der Waals surface area (Å²) >= 11 is 0. The zero-order valence-electron chi connectivity index (χ0n) is 8.74. The van der Waals surface area contributed by atoms with E-state index >= 15 is 0 Å². The average Bonchev–Trinajstić information content (AvgIpc) is 2.21. The summed E-state index contributed by atoms with van der Waals surface area (Å²) in [5.74, 6) is -0.980. The summed E-state index contributed by atoms with van der Waals surface area (Å²) in [4.78, 5) is 21.0. The number of esters is 1. The van der Waals surface area contributed by atoms with Gasteiger partial charge >= 0.3 is 5.97 Å². The van der Waals surface area contributed by atoms with Gasteiger partial charge in [-0.05, 0) is 13.3 Å². The zero-order chi connectivity index (χ0) is 10.6. The molecule has 0 bridgehead atoms. The Morgan fingerprint density at radius 2 is 2.29 bits per heavy atom. The van der Waals surface area contributed by atoms with Crippen LogP contribution in [-0.2, 0) is 24.0 Å². The van der Waals surface area contributed by atoms with Crippen molar-refractivity contribution in [1.82, 2.24) is 0 Å². The maximum Gasteiger partial charge on any atom is 0.308 e. The molecule has 14 heavy (non-hydrogen) atoms. The third kappa shape index (κ3) is 2.94. The fraction of sp³-hybridized carbons (Fsp3) is 0.889. The van der Waals surface area contributed by atoms with Crippen LogP contribution in [0.1, 0.15) is 26.2 Å². The van der Waals surface area contributed by atoms with Gasteiger partial charge in [-0.1, -0.05) is 0 Å². The van der Waals surface area contributed by atoms with E-state index in [9.17, 15) is 4.79 Å². The maximum atomic E-state index is 10.9. The van der Waals surface area contributed by atoms with E-state index in [1.807, 2.05) is 0 Å². The Hall–Kier alpha value is -0.650. The SMILES string of the molecule is COC(=O)CC1CCC(C)(OC)OO1. The lowest BCUT2D eigenvalue weighted by molar-refractivity contribution is -0.459. The maximum absolute atomic E-state index is 10.9. The van der Waals surface area contributed by atoms with Crippen LogP contribution in [0.3, 0.4) is 0 Å². The highest BCUT2D eigenvalue weighted by molar-refractivity contribution is 5.69. The molecule has 0 saturated carbocycles. The van der Waals surface area contributed by atoms with E-state index in [1.165, 1.54) is 7.11 Å². The van der Waals surface area contributed by atoms with E-state index in [0.29, 0.717) is 6.42 Å². The quantitative estimate of drug-likeness (QED) is 0.507. The molecule has 82 valence electrons. The minimum atomic E-state index is -0.688. The predicted molar refractivity (Wildman–Crippen MR) is 47.2 cm³/mol. The molecule has 0 N–H and O–H groups in total. The molecular formula is C9H16O5. The summed E-state index contributed by atoms with van der Waals surface area (Å²) in [6.07, 6.45) is 1.41. The van der Waals surface area contributed by atoms with Crippen LogP contribution in [0.25, 0.3) is 0 Å². The van der Waals surface area contributed by atoms with Crippen LogP contribution in [0.2, 0.25) is 0 Å². The predicted octanol–water partition coefficient (Wildman–Crippen LogP) is 1.02. The molecule has 5 nitrogen and oxygen atoms in total. The first-order chi connectivity index (χ1) is 6.59. The number of methoxy groups -OCH3 is 2. The molecule has 2 atom stereocenters. The van der Waals surface area contributed by atoms with Gasteiger partial charge in [0.2, 0.25) is 0 Å². The molecule has 0 spiro atoms. The van der Waals surface area contributed by atoms with Crippen molar-refractivity contribution in [3.8, 4) is 0 Å². The van der Waals surface area contributed by atoms with E-state index in [0.717, 1.165) is 6.42 Å². The third-order valence-corrected chi connectivity index (χ3v) is 2.33. The van der Waals surface area contributed by atoms with Crippen LogP contribution in [0.4, 0.5) is 0 Å². The molecule has 5 heteroatoms. The van der Waals surface area contributed by atoms with Crippen molar-refractivity contribution in [1.29, 1.82) is 0 Å². The molecule has 0 amide bonds. The molecule has 1 rings (SSSR count). The summed E-state index contributed by atoms with van der Waals surface area (Å²) in [5, 5.41) is 0. The molecule has 1 heterocycles. The van der Waals surface area contributed by atoms with Gasteiger partial charge in [0.25, 0.3) is 0 Å². The molecule has 2 unspecified atom stereocenters. The summed E-state index contributed by atoms with van der Waals surface area (Å²) in [6, 6.07) is 0. The second-order valence-corrected chi connectivity index (χ2v) is 3.46. The lowest BCUT2D eigenvalue weighted by Gasteiger charge is -2.34. The Morgan fingerprint density at radius 1 is 1.57 bits per heavy atom. The van der Waals surface area contributed by atoms with Crippen LogP contribution in [0, 0.1) is 0 Å². The lowest BCUT2D eigenvalue weighted by Crippen LogP contribution is -2.39. The zero-order valence-corrected chi connectivity index (χ0v) is 8.74. The minimum absolute atomic E-state index is 0.219. The second kappa shape index (κ2) is 4.72. The molecule has 1 aliphatic rings. The monoisotopic (exact) mass is 204 g/mol. The number of ether oxygens (including phenoxy) is 2. The lowest BCUT2D eigenvalue weighted by atomic mass is 10.1. The van der Waals surface area contributed by atoms with Crippen molar-refractivity contribution < 1.29 is 24.0 Å². The smallest absolute Gasteiger partial charge is 0.308 e. The molecule has 0 aromatic heterocycles. The van der Waals surface area contributed by atoms with E-state index in [-0.39, 0.29) is 18.5 Å². The van der Waals surface area contributed by atoms with Crippen molar-refractivity contribution in [3.05, 3.63) is 0 Å². The van der Waals surface area contributed by atoms with E-state index in [1.54, 1.807) is 14.0 Å². The fourth-order valence-corrected chi connectivity index (χ4v) is 1.22. The summed E-state index contributed by atoms with van der Waals surface area (Å²) < 4.78 is 9.62. The largest absolute Gasteiger partial charge is 0.469 e. The van der Waals surface area contributed by atoms with Gasteiger partial charge in [0, 0.05) is 13.5 Å². The Kier molecular flexibility index (Phi) is 3.86. The molecule has 0 aliphatic carbocycles. The molecule has 1 fully saturated rings. The summed E-state index contributed by atoms with van der Waals surface area (Å²) in [5.41, 5.74) is 0. The number of rotatable bonds is 3. The van der Waals surface area contributed by atoms with Crippen molar-refractivity contribution in [2.45, 2.75) is 38.1 Å². The normalized spacial score (nSPS) is 32.6. The average molecular weight is 204 g/mol. The Bertz CT molecular complexity index is 195. The molecule has 0 aromatic rings. The van der Waals surface area contributed by atoms with Gasteiger partial charge in [0.15, 0.2) is 5.79 Å². The highest BCUT2D eigenvalue weighted by Gasteiger charge is 2.34. The van der Waals surface area contributed by atoms with Crippen LogP contribution in [0.5, 0.6) is 0 Å². The van der Waals surface area contributed by atoms with Gasteiger partial charge < -0.3 is 9.47 Å². The molecular weight excluding hydrogens is 188 g/mol. The van der Waals surface area contributed by atoms with Crippen molar-refractivity contribution in [3.63, 3.8) is 0 Å².